The summed E-state index contributed by atoms with van der Waals surface area (Å²) in [6, 6.07) is 0. The first-order valence-corrected chi connectivity index (χ1v) is 10.2. The summed E-state index contributed by atoms with van der Waals surface area (Å²) in [5.74, 6) is 2.36. The standard InChI is InChI=1S/C19H22N2O3S/c22-16(8-12-7-10-4-5-11(12)6-10)24-9-15-20-18(23)17-13-2-1-3-14(13)25-19(17)21-15/h10-12H,1-9H2,(H,20,21,23)/t10-,11+,12+/m0/s1. The molecule has 0 aliphatic heterocycles. The van der Waals surface area contributed by atoms with Crippen LogP contribution in [0.4, 0.5) is 0 Å². The smallest absolute Gasteiger partial charge is 0.306 e. The molecule has 2 aromatic rings. The average Bonchev–Trinajstić information content (AvgIpc) is 3.32. The summed E-state index contributed by atoms with van der Waals surface area (Å²) in [7, 11) is 0. The molecule has 3 aliphatic carbocycles. The Kier molecular flexibility index (Phi) is 3.69. The van der Waals surface area contributed by atoms with Crippen molar-refractivity contribution in [1.82, 2.24) is 9.97 Å². The Morgan fingerprint density at radius 1 is 1.28 bits per heavy atom. The zero-order valence-corrected chi connectivity index (χ0v) is 15.0. The second-order valence-corrected chi connectivity index (χ2v) is 8.93. The fraction of sp³-hybridized carbons (Fsp3) is 0.632. The highest BCUT2D eigenvalue weighted by Gasteiger charge is 2.40. The fourth-order valence-electron chi connectivity index (χ4n) is 5.16. The maximum absolute atomic E-state index is 12.4. The van der Waals surface area contributed by atoms with Gasteiger partial charge in [-0.1, -0.05) is 6.42 Å². The van der Waals surface area contributed by atoms with E-state index in [2.05, 4.69) is 9.97 Å². The van der Waals surface area contributed by atoms with Crippen molar-refractivity contribution in [1.29, 1.82) is 0 Å². The van der Waals surface area contributed by atoms with Crippen molar-refractivity contribution in [2.24, 2.45) is 17.8 Å². The van der Waals surface area contributed by atoms with Gasteiger partial charge in [0.15, 0.2) is 0 Å². The Balaban J connectivity index is 1.26. The van der Waals surface area contributed by atoms with Crippen LogP contribution < -0.4 is 5.56 Å². The van der Waals surface area contributed by atoms with Crippen molar-refractivity contribution in [2.75, 3.05) is 0 Å². The van der Waals surface area contributed by atoms with Crippen LogP contribution in [0.2, 0.25) is 0 Å². The Morgan fingerprint density at radius 2 is 2.20 bits per heavy atom. The average molecular weight is 358 g/mol. The molecule has 2 fully saturated rings. The van der Waals surface area contributed by atoms with E-state index in [1.54, 1.807) is 11.3 Å². The quantitative estimate of drug-likeness (QED) is 0.851. The molecular weight excluding hydrogens is 336 g/mol. The topological polar surface area (TPSA) is 72.0 Å². The van der Waals surface area contributed by atoms with Gasteiger partial charge in [0.25, 0.3) is 5.56 Å². The van der Waals surface area contributed by atoms with Gasteiger partial charge >= 0.3 is 5.97 Å². The SMILES string of the molecule is O=C(C[C@H]1C[C@H]2CC[C@@H]1C2)OCc1nc2sc3c(c2c(=O)[nH]1)CCC3. The summed E-state index contributed by atoms with van der Waals surface area (Å²) in [6.07, 6.45) is 8.75. The van der Waals surface area contributed by atoms with Crippen LogP contribution in [0.1, 0.15) is 54.8 Å². The highest BCUT2D eigenvalue weighted by Crippen LogP contribution is 2.49. The molecule has 3 aliphatic rings. The summed E-state index contributed by atoms with van der Waals surface area (Å²) in [6.45, 7) is 0.0629. The summed E-state index contributed by atoms with van der Waals surface area (Å²) in [5.41, 5.74) is 1.08. The minimum absolute atomic E-state index is 0.0629. The summed E-state index contributed by atoms with van der Waals surface area (Å²) in [5, 5.41) is 0.745. The molecule has 132 valence electrons. The Bertz CT molecular complexity index is 900. The van der Waals surface area contributed by atoms with Gasteiger partial charge in [-0.15, -0.1) is 11.3 Å². The zero-order chi connectivity index (χ0) is 17.0. The van der Waals surface area contributed by atoms with E-state index in [4.69, 9.17) is 4.74 Å². The highest BCUT2D eigenvalue weighted by atomic mass is 32.1. The summed E-state index contributed by atoms with van der Waals surface area (Å²) in [4.78, 5) is 34.0. The van der Waals surface area contributed by atoms with Crippen molar-refractivity contribution >= 4 is 27.5 Å². The van der Waals surface area contributed by atoms with Crippen molar-refractivity contribution in [3.05, 3.63) is 26.6 Å². The predicted molar refractivity (Wildman–Crippen MR) is 95.6 cm³/mol. The van der Waals surface area contributed by atoms with E-state index in [9.17, 15) is 9.59 Å². The third kappa shape index (κ3) is 2.71. The number of carbonyl (C=O) groups excluding carboxylic acids is 1. The number of aryl methyl sites for hydroxylation is 2. The number of carbonyl (C=O) groups is 1. The summed E-state index contributed by atoms with van der Waals surface area (Å²) < 4.78 is 5.41. The first kappa shape index (κ1) is 15.6. The molecule has 5 nitrogen and oxygen atoms in total. The fourth-order valence-corrected chi connectivity index (χ4v) is 6.44. The lowest BCUT2D eigenvalue weighted by molar-refractivity contribution is -0.146. The Labute approximate surface area is 149 Å². The first-order valence-electron chi connectivity index (χ1n) is 9.36. The van der Waals surface area contributed by atoms with E-state index in [-0.39, 0.29) is 18.1 Å². The van der Waals surface area contributed by atoms with Gasteiger partial charge < -0.3 is 9.72 Å². The number of ether oxygens (including phenoxy) is 1. The molecule has 6 heteroatoms. The third-order valence-corrected chi connectivity index (χ3v) is 7.49. The van der Waals surface area contributed by atoms with Crippen molar-refractivity contribution in [3.8, 4) is 0 Å². The molecular formula is C19H22N2O3S. The molecule has 0 aromatic carbocycles. The number of hydrogen-bond acceptors (Lipinski definition) is 5. The number of thiophene rings is 1. The second kappa shape index (κ2) is 5.94. The van der Waals surface area contributed by atoms with Crippen LogP contribution in [-0.4, -0.2) is 15.9 Å². The van der Waals surface area contributed by atoms with Gasteiger partial charge in [-0.05, 0) is 61.8 Å². The van der Waals surface area contributed by atoms with Gasteiger partial charge in [0.1, 0.15) is 17.3 Å². The zero-order valence-electron chi connectivity index (χ0n) is 14.2. The minimum Gasteiger partial charge on any atom is -0.458 e. The molecule has 0 spiro atoms. The van der Waals surface area contributed by atoms with E-state index in [1.165, 1.54) is 36.1 Å². The molecule has 25 heavy (non-hydrogen) atoms. The molecule has 2 saturated carbocycles. The molecule has 0 unspecified atom stereocenters. The van der Waals surface area contributed by atoms with E-state index < -0.39 is 0 Å². The molecule has 2 heterocycles. The molecule has 5 rings (SSSR count). The number of aromatic amines is 1. The number of fused-ring (bicyclic) bond motifs is 5. The van der Waals surface area contributed by atoms with Gasteiger partial charge in [0, 0.05) is 11.3 Å². The van der Waals surface area contributed by atoms with Gasteiger partial charge in [-0.2, -0.15) is 0 Å². The monoisotopic (exact) mass is 358 g/mol. The molecule has 1 N–H and O–H groups in total. The van der Waals surface area contributed by atoms with Crippen LogP contribution in [0.5, 0.6) is 0 Å². The number of aromatic nitrogens is 2. The van der Waals surface area contributed by atoms with Crippen LogP contribution in [0.25, 0.3) is 10.2 Å². The molecule has 3 atom stereocenters. The molecule has 2 aromatic heterocycles. The lowest BCUT2D eigenvalue weighted by Crippen LogP contribution is -2.18. The number of H-pyrrole nitrogens is 1. The number of hydrogen-bond donors (Lipinski definition) is 1. The lowest BCUT2D eigenvalue weighted by Gasteiger charge is -2.20. The molecule has 0 saturated heterocycles. The number of nitrogens with zero attached hydrogens (tertiary/aromatic N) is 1. The minimum atomic E-state index is -0.158. The lowest BCUT2D eigenvalue weighted by atomic mass is 9.86. The van der Waals surface area contributed by atoms with E-state index in [0.29, 0.717) is 18.2 Å². The van der Waals surface area contributed by atoms with E-state index in [0.717, 1.165) is 41.3 Å². The van der Waals surface area contributed by atoms with Crippen LogP contribution in [0, 0.1) is 17.8 Å². The van der Waals surface area contributed by atoms with Gasteiger partial charge in [0.05, 0.1) is 5.39 Å². The van der Waals surface area contributed by atoms with Gasteiger partial charge in [0.2, 0.25) is 0 Å². The molecule has 0 radical (unpaired) electrons. The van der Waals surface area contributed by atoms with Gasteiger partial charge in [-0.25, -0.2) is 4.98 Å². The molecule has 2 bridgehead atoms. The van der Waals surface area contributed by atoms with E-state index >= 15 is 0 Å². The molecule has 0 amide bonds. The Hall–Kier alpha value is -1.69. The third-order valence-electron chi connectivity index (χ3n) is 6.31. The maximum atomic E-state index is 12.4. The Morgan fingerprint density at radius 3 is 3.00 bits per heavy atom. The van der Waals surface area contributed by atoms with Gasteiger partial charge in [-0.3, -0.25) is 9.59 Å². The van der Waals surface area contributed by atoms with E-state index in [1.807, 2.05) is 0 Å². The predicted octanol–water partition coefficient (Wildman–Crippen LogP) is 3.34. The van der Waals surface area contributed by atoms with Crippen LogP contribution in [0.3, 0.4) is 0 Å². The van der Waals surface area contributed by atoms with Crippen LogP contribution in [0.15, 0.2) is 4.79 Å². The number of nitrogens with one attached hydrogen (secondary N) is 1. The first-order chi connectivity index (χ1) is 12.2. The van der Waals surface area contributed by atoms with Crippen LogP contribution in [-0.2, 0) is 29.0 Å². The van der Waals surface area contributed by atoms with Crippen molar-refractivity contribution in [2.45, 2.75) is 58.0 Å². The largest absolute Gasteiger partial charge is 0.458 e. The normalized spacial score (nSPS) is 27.1. The number of esters is 1. The number of rotatable bonds is 4. The summed E-state index contributed by atoms with van der Waals surface area (Å²) >= 11 is 1.61. The van der Waals surface area contributed by atoms with Crippen molar-refractivity contribution in [3.63, 3.8) is 0 Å². The maximum Gasteiger partial charge on any atom is 0.306 e. The van der Waals surface area contributed by atoms with Crippen molar-refractivity contribution < 1.29 is 9.53 Å². The van der Waals surface area contributed by atoms with Crippen LogP contribution >= 0.6 is 11.3 Å². The highest BCUT2D eigenvalue weighted by molar-refractivity contribution is 7.18. The second-order valence-electron chi connectivity index (χ2n) is 7.85.